The number of halogens is 2. The number of aromatic nitrogens is 3. The smallest absolute Gasteiger partial charge is 0.271 e. The second-order valence-electron chi connectivity index (χ2n) is 5.04. The number of hydrogen-bond acceptors (Lipinski definition) is 5. The van der Waals surface area contributed by atoms with Gasteiger partial charge in [0.2, 0.25) is 0 Å². The van der Waals surface area contributed by atoms with Crippen molar-refractivity contribution in [3.8, 4) is 0 Å². The van der Waals surface area contributed by atoms with E-state index in [1.807, 2.05) is 6.07 Å². The lowest BCUT2D eigenvalue weighted by Crippen LogP contribution is -2.24. The standard InChI is InChI=1S/C17H13F2N5O/c18-11-4-5-14(13(19)7-11)24-16-10-21-15(9-22-16)17(25)23-8-12-3-1-2-6-20-12/h1-7,9-10H,8H2,(H,22,24)(H,23,25). The molecule has 1 amide bonds. The molecule has 1 aromatic carbocycles. The summed E-state index contributed by atoms with van der Waals surface area (Å²) in [5, 5.41) is 5.34. The SMILES string of the molecule is O=C(NCc1ccccn1)c1cnc(Nc2ccc(F)cc2F)cn1. The van der Waals surface area contributed by atoms with Gasteiger partial charge in [-0.2, -0.15) is 0 Å². The normalized spacial score (nSPS) is 10.3. The number of nitrogens with one attached hydrogen (secondary N) is 2. The lowest BCUT2D eigenvalue weighted by molar-refractivity contribution is 0.0945. The van der Waals surface area contributed by atoms with Gasteiger partial charge in [0.25, 0.3) is 5.91 Å². The molecule has 0 aliphatic carbocycles. The summed E-state index contributed by atoms with van der Waals surface area (Å²) in [5.41, 5.74) is 0.887. The maximum atomic E-state index is 13.6. The van der Waals surface area contributed by atoms with Crippen molar-refractivity contribution in [1.29, 1.82) is 0 Å². The van der Waals surface area contributed by atoms with Crippen molar-refractivity contribution in [2.24, 2.45) is 0 Å². The predicted octanol–water partition coefficient (Wildman–Crippen LogP) is 2.82. The summed E-state index contributed by atoms with van der Waals surface area (Å²) >= 11 is 0. The number of carbonyl (C=O) groups excluding carboxylic acids is 1. The van der Waals surface area contributed by atoms with Gasteiger partial charge >= 0.3 is 0 Å². The van der Waals surface area contributed by atoms with Crippen molar-refractivity contribution in [1.82, 2.24) is 20.3 Å². The molecule has 0 bridgehead atoms. The Kier molecular flexibility index (Phi) is 4.89. The van der Waals surface area contributed by atoms with Crippen LogP contribution < -0.4 is 10.6 Å². The van der Waals surface area contributed by atoms with Crippen LogP contribution in [0, 0.1) is 11.6 Å². The summed E-state index contributed by atoms with van der Waals surface area (Å²) in [4.78, 5) is 24.1. The Morgan fingerprint density at radius 3 is 2.60 bits per heavy atom. The third-order valence-corrected chi connectivity index (χ3v) is 3.23. The topological polar surface area (TPSA) is 79.8 Å². The van der Waals surface area contributed by atoms with Gasteiger partial charge in [-0.25, -0.2) is 18.7 Å². The third kappa shape index (κ3) is 4.31. The molecule has 6 nitrogen and oxygen atoms in total. The Morgan fingerprint density at radius 2 is 1.92 bits per heavy atom. The van der Waals surface area contributed by atoms with E-state index in [-0.39, 0.29) is 23.7 Å². The minimum absolute atomic E-state index is 0.0584. The van der Waals surface area contributed by atoms with Crippen LogP contribution in [0.15, 0.2) is 55.0 Å². The molecule has 2 N–H and O–H groups in total. The fraction of sp³-hybridized carbons (Fsp3) is 0.0588. The van der Waals surface area contributed by atoms with Gasteiger partial charge in [-0.15, -0.1) is 0 Å². The lowest BCUT2D eigenvalue weighted by Gasteiger charge is -2.07. The van der Waals surface area contributed by atoms with Crippen molar-refractivity contribution in [2.75, 3.05) is 5.32 Å². The van der Waals surface area contributed by atoms with E-state index in [1.165, 1.54) is 18.5 Å². The van der Waals surface area contributed by atoms with E-state index < -0.39 is 17.5 Å². The zero-order chi connectivity index (χ0) is 17.6. The van der Waals surface area contributed by atoms with Gasteiger partial charge in [-0.3, -0.25) is 9.78 Å². The maximum Gasteiger partial charge on any atom is 0.271 e. The molecule has 0 aliphatic heterocycles. The van der Waals surface area contributed by atoms with Crippen LogP contribution in [0.4, 0.5) is 20.3 Å². The van der Waals surface area contributed by atoms with Crippen molar-refractivity contribution in [3.63, 3.8) is 0 Å². The van der Waals surface area contributed by atoms with Crippen molar-refractivity contribution < 1.29 is 13.6 Å². The summed E-state index contributed by atoms with van der Waals surface area (Å²) in [6, 6.07) is 8.53. The molecule has 0 aliphatic rings. The van der Waals surface area contributed by atoms with E-state index in [0.29, 0.717) is 5.69 Å². The third-order valence-electron chi connectivity index (χ3n) is 3.23. The van der Waals surface area contributed by atoms with Crippen LogP contribution in [0.3, 0.4) is 0 Å². The number of anilines is 2. The van der Waals surface area contributed by atoms with Crippen LogP contribution >= 0.6 is 0 Å². The molecule has 3 rings (SSSR count). The Morgan fingerprint density at radius 1 is 1.04 bits per heavy atom. The molecule has 3 aromatic rings. The summed E-state index contributed by atoms with van der Waals surface area (Å²) < 4.78 is 26.5. The molecule has 126 valence electrons. The van der Waals surface area contributed by atoms with Gasteiger partial charge in [-0.1, -0.05) is 6.07 Å². The molecule has 0 fully saturated rings. The van der Waals surface area contributed by atoms with Gasteiger partial charge in [0, 0.05) is 12.3 Å². The molecule has 0 radical (unpaired) electrons. The predicted molar refractivity (Wildman–Crippen MR) is 87.1 cm³/mol. The molecule has 0 saturated heterocycles. The molecule has 0 atom stereocenters. The number of carbonyl (C=O) groups is 1. The van der Waals surface area contributed by atoms with Crippen LogP contribution in [-0.4, -0.2) is 20.9 Å². The van der Waals surface area contributed by atoms with Gasteiger partial charge in [0.1, 0.15) is 23.1 Å². The molecule has 0 saturated carbocycles. The second-order valence-corrected chi connectivity index (χ2v) is 5.04. The highest BCUT2D eigenvalue weighted by molar-refractivity contribution is 5.91. The number of rotatable bonds is 5. The molecule has 0 unspecified atom stereocenters. The van der Waals surface area contributed by atoms with E-state index in [9.17, 15) is 13.6 Å². The Balaban J connectivity index is 1.62. The number of benzene rings is 1. The van der Waals surface area contributed by atoms with Crippen LogP contribution in [0.2, 0.25) is 0 Å². The summed E-state index contributed by atoms with van der Waals surface area (Å²) in [7, 11) is 0. The highest BCUT2D eigenvalue weighted by atomic mass is 19.1. The quantitative estimate of drug-likeness (QED) is 0.746. The average molecular weight is 341 g/mol. The number of nitrogens with zero attached hydrogens (tertiary/aromatic N) is 3. The fourth-order valence-corrected chi connectivity index (χ4v) is 2.00. The molecular formula is C17H13F2N5O. The minimum Gasteiger partial charge on any atom is -0.345 e. The number of hydrogen-bond donors (Lipinski definition) is 2. The zero-order valence-corrected chi connectivity index (χ0v) is 12.9. The Labute approximate surface area is 142 Å². The first-order valence-corrected chi connectivity index (χ1v) is 7.34. The molecule has 2 aromatic heterocycles. The highest BCUT2D eigenvalue weighted by Crippen LogP contribution is 2.18. The van der Waals surface area contributed by atoms with E-state index in [0.717, 1.165) is 12.1 Å². The monoisotopic (exact) mass is 341 g/mol. The number of amides is 1. The van der Waals surface area contributed by atoms with E-state index in [1.54, 1.807) is 18.3 Å². The first kappa shape index (κ1) is 16.4. The summed E-state index contributed by atoms with van der Waals surface area (Å²) in [6.07, 6.45) is 4.19. The molecule has 25 heavy (non-hydrogen) atoms. The van der Waals surface area contributed by atoms with Crippen molar-refractivity contribution >= 4 is 17.4 Å². The van der Waals surface area contributed by atoms with Crippen LogP contribution in [0.5, 0.6) is 0 Å². The van der Waals surface area contributed by atoms with Crippen LogP contribution in [0.1, 0.15) is 16.2 Å². The summed E-state index contributed by atoms with van der Waals surface area (Å²) in [5.74, 6) is -1.60. The van der Waals surface area contributed by atoms with E-state index >= 15 is 0 Å². The van der Waals surface area contributed by atoms with E-state index in [4.69, 9.17) is 0 Å². The summed E-state index contributed by atoms with van der Waals surface area (Å²) in [6.45, 7) is 0.266. The van der Waals surface area contributed by atoms with Gasteiger partial charge in [0.05, 0.1) is 30.3 Å². The second kappa shape index (κ2) is 7.43. The molecule has 2 heterocycles. The van der Waals surface area contributed by atoms with Crippen molar-refractivity contribution in [3.05, 3.63) is 78.0 Å². The Bertz CT molecular complexity index is 872. The van der Waals surface area contributed by atoms with Crippen LogP contribution in [0.25, 0.3) is 0 Å². The molecule has 8 heteroatoms. The van der Waals surface area contributed by atoms with Gasteiger partial charge in [-0.05, 0) is 24.3 Å². The minimum atomic E-state index is -0.751. The van der Waals surface area contributed by atoms with Crippen LogP contribution in [-0.2, 0) is 6.54 Å². The van der Waals surface area contributed by atoms with E-state index in [2.05, 4.69) is 25.6 Å². The van der Waals surface area contributed by atoms with Gasteiger partial charge in [0.15, 0.2) is 0 Å². The number of pyridine rings is 1. The molecule has 0 spiro atoms. The zero-order valence-electron chi connectivity index (χ0n) is 12.9. The first-order chi connectivity index (χ1) is 12.1. The highest BCUT2D eigenvalue weighted by Gasteiger charge is 2.09. The molecular weight excluding hydrogens is 328 g/mol. The lowest BCUT2D eigenvalue weighted by atomic mass is 10.3. The average Bonchev–Trinajstić information content (AvgIpc) is 2.63. The first-order valence-electron chi connectivity index (χ1n) is 7.34. The largest absolute Gasteiger partial charge is 0.345 e. The van der Waals surface area contributed by atoms with Crippen molar-refractivity contribution in [2.45, 2.75) is 6.54 Å². The van der Waals surface area contributed by atoms with Gasteiger partial charge < -0.3 is 10.6 Å². The Hall–Kier alpha value is -3.42. The fourth-order valence-electron chi connectivity index (χ4n) is 2.00. The maximum absolute atomic E-state index is 13.6.